The van der Waals surface area contributed by atoms with Crippen LogP contribution in [0.1, 0.15) is 19.8 Å². The Balaban J connectivity index is 1.67. The van der Waals surface area contributed by atoms with E-state index in [4.69, 9.17) is 21.1 Å². The van der Waals surface area contributed by atoms with Crippen molar-refractivity contribution in [3.63, 3.8) is 0 Å². The second kappa shape index (κ2) is 9.69. The first kappa shape index (κ1) is 18.8. The van der Waals surface area contributed by atoms with Gasteiger partial charge in [-0.15, -0.1) is 0 Å². The number of halogens is 1. The van der Waals surface area contributed by atoms with E-state index >= 15 is 0 Å². The summed E-state index contributed by atoms with van der Waals surface area (Å²) in [7, 11) is 0. The van der Waals surface area contributed by atoms with E-state index in [2.05, 4.69) is 5.32 Å². The summed E-state index contributed by atoms with van der Waals surface area (Å²) in [6, 6.07) is 16.1. The number of amides is 1. The lowest BCUT2D eigenvalue weighted by atomic mass is 10.3. The lowest BCUT2D eigenvalue weighted by molar-refractivity contribution is -0.153. The Morgan fingerprint density at radius 3 is 2.60 bits per heavy atom. The summed E-state index contributed by atoms with van der Waals surface area (Å²) in [5, 5.41) is 3.17. The Morgan fingerprint density at radius 1 is 1.12 bits per heavy atom. The van der Waals surface area contributed by atoms with E-state index in [1.54, 1.807) is 24.3 Å². The quantitative estimate of drug-likeness (QED) is 0.568. The number of anilines is 1. The Morgan fingerprint density at radius 2 is 1.88 bits per heavy atom. The van der Waals surface area contributed by atoms with Crippen molar-refractivity contribution >= 4 is 29.2 Å². The Bertz CT molecular complexity index is 706. The van der Waals surface area contributed by atoms with Crippen molar-refractivity contribution in [2.24, 2.45) is 0 Å². The number of rotatable bonds is 8. The van der Waals surface area contributed by atoms with Crippen LogP contribution in [-0.2, 0) is 14.3 Å². The Labute approximate surface area is 151 Å². The van der Waals surface area contributed by atoms with E-state index in [0.29, 0.717) is 23.7 Å². The Kier molecular flexibility index (Phi) is 7.29. The zero-order valence-electron chi connectivity index (χ0n) is 13.9. The highest BCUT2D eigenvalue weighted by molar-refractivity contribution is 6.30. The van der Waals surface area contributed by atoms with Gasteiger partial charge in [0, 0.05) is 17.1 Å². The second-order valence-electron chi connectivity index (χ2n) is 5.40. The van der Waals surface area contributed by atoms with Gasteiger partial charge in [-0.05, 0) is 43.7 Å². The molecule has 0 heterocycles. The average molecular weight is 362 g/mol. The molecule has 0 aliphatic carbocycles. The molecule has 0 aromatic heterocycles. The summed E-state index contributed by atoms with van der Waals surface area (Å²) < 4.78 is 10.6. The first-order valence-corrected chi connectivity index (χ1v) is 8.36. The molecule has 2 aromatic carbocycles. The fourth-order valence-electron chi connectivity index (χ4n) is 2.04. The molecule has 0 saturated heterocycles. The summed E-state index contributed by atoms with van der Waals surface area (Å²) in [5.74, 6) is -0.0910. The molecule has 0 spiro atoms. The van der Waals surface area contributed by atoms with Crippen molar-refractivity contribution < 1.29 is 19.1 Å². The fourth-order valence-corrected chi connectivity index (χ4v) is 2.23. The number of esters is 1. The largest absolute Gasteiger partial charge is 0.494 e. The summed E-state index contributed by atoms with van der Waals surface area (Å²) in [4.78, 5) is 23.8. The second-order valence-corrected chi connectivity index (χ2v) is 5.83. The predicted molar refractivity (Wildman–Crippen MR) is 96.8 cm³/mol. The van der Waals surface area contributed by atoms with E-state index in [-0.39, 0.29) is 6.42 Å². The lowest BCUT2D eigenvalue weighted by Crippen LogP contribution is -2.30. The third kappa shape index (κ3) is 6.85. The standard InChI is InChI=1S/C19H20ClNO4/c1-14(19(23)21-16-8-5-7-15(20)13-16)25-18(22)11-6-12-24-17-9-3-2-4-10-17/h2-5,7-10,13-14H,6,11-12H2,1H3,(H,21,23)/t14-/m1/s1. The van der Waals surface area contributed by atoms with Gasteiger partial charge in [0.05, 0.1) is 6.61 Å². The molecule has 1 amide bonds. The minimum absolute atomic E-state index is 0.182. The van der Waals surface area contributed by atoms with Gasteiger partial charge in [-0.3, -0.25) is 9.59 Å². The maximum Gasteiger partial charge on any atom is 0.306 e. The summed E-state index contributed by atoms with van der Waals surface area (Å²) >= 11 is 5.86. The molecule has 0 bridgehead atoms. The molecule has 0 radical (unpaired) electrons. The minimum Gasteiger partial charge on any atom is -0.494 e. The van der Waals surface area contributed by atoms with E-state index in [9.17, 15) is 9.59 Å². The highest BCUT2D eigenvalue weighted by atomic mass is 35.5. The maximum absolute atomic E-state index is 12.0. The molecular formula is C19H20ClNO4. The summed E-state index contributed by atoms with van der Waals surface area (Å²) in [5.41, 5.74) is 0.552. The number of benzene rings is 2. The Hall–Kier alpha value is -2.53. The molecule has 25 heavy (non-hydrogen) atoms. The zero-order valence-corrected chi connectivity index (χ0v) is 14.7. The van der Waals surface area contributed by atoms with Crippen molar-refractivity contribution in [2.75, 3.05) is 11.9 Å². The van der Waals surface area contributed by atoms with Crippen LogP contribution in [0.4, 0.5) is 5.69 Å². The summed E-state index contributed by atoms with van der Waals surface area (Å²) in [6.45, 7) is 1.93. The number of hydrogen-bond donors (Lipinski definition) is 1. The van der Waals surface area contributed by atoms with Gasteiger partial charge in [0.15, 0.2) is 6.10 Å². The fraction of sp³-hybridized carbons (Fsp3) is 0.263. The van der Waals surface area contributed by atoms with Crippen LogP contribution in [-0.4, -0.2) is 24.6 Å². The molecular weight excluding hydrogens is 342 g/mol. The van der Waals surface area contributed by atoms with Gasteiger partial charge < -0.3 is 14.8 Å². The van der Waals surface area contributed by atoms with Crippen molar-refractivity contribution in [3.05, 3.63) is 59.6 Å². The summed E-state index contributed by atoms with van der Waals surface area (Å²) in [6.07, 6.45) is -0.195. The zero-order chi connectivity index (χ0) is 18.1. The third-order valence-electron chi connectivity index (χ3n) is 3.31. The van der Waals surface area contributed by atoms with Crippen LogP contribution in [0, 0.1) is 0 Å². The van der Waals surface area contributed by atoms with Gasteiger partial charge >= 0.3 is 5.97 Å². The van der Waals surface area contributed by atoms with Gasteiger partial charge in [-0.1, -0.05) is 35.9 Å². The molecule has 2 rings (SSSR count). The number of nitrogens with one attached hydrogen (secondary N) is 1. The third-order valence-corrected chi connectivity index (χ3v) is 3.54. The first-order valence-electron chi connectivity index (χ1n) is 7.98. The van der Waals surface area contributed by atoms with E-state index in [1.807, 2.05) is 30.3 Å². The number of hydrogen-bond acceptors (Lipinski definition) is 4. The highest BCUT2D eigenvalue weighted by Crippen LogP contribution is 2.15. The smallest absolute Gasteiger partial charge is 0.306 e. The molecule has 1 atom stereocenters. The van der Waals surface area contributed by atoms with Gasteiger partial charge in [0.25, 0.3) is 5.91 Å². The monoisotopic (exact) mass is 361 g/mol. The van der Waals surface area contributed by atoms with Gasteiger partial charge in [0.2, 0.25) is 0 Å². The topological polar surface area (TPSA) is 64.6 Å². The predicted octanol–water partition coefficient (Wildman–Crippen LogP) is 4.07. The first-order chi connectivity index (χ1) is 12.0. The number of carbonyl (C=O) groups is 2. The van der Waals surface area contributed by atoms with Crippen molar-refractivity contribution in [1.82, 2.24) is 0 Å². The molecule has 1 N–H and O–H groups in total. The molecule has 0 fully saturated rings. The number of ether oxygens (including phenoxy) is 2. The van der Waals surface area contributed by atoms with Crippen molar-refractivity contribution in [1.29, 1.82) is 0 Å². The molecule has 0 unspecified atom stereocenters. The molecule has 5 nitrogen and oxygen atoms in total. The molecule has 6 heteroatoms. The number of carbonyl (C=O) groups excluding carboxylic acids is 2. The number of para-hydroxylation sites is 1. The lowest BCUT2D eigenvalue weighted by Gasteiger charge is -2.13. The average Bonchev–Trinajstić information content (AvgIpc) is 2.59. The van der Waals surface area contributed by atoms with Crippen LogP contribution in [0.5, 0.6) is 5.75 Å². The van der Waals surface area contributed by atoms with Crippen LogP contribution in [0.15, 0.2) is 54.6 Å². The van der Waals surface area contributed by atoms with Crippen LogP contribution < -0.4 is 10.1 Å². The van der Waals surface area contributed by atoms with Crippen LogP contribution in [0.3, 0.4) is 0 Å². The van der Waals surface area contributed by atoms with Crippen molar-refractivity contribution in [2.45, 2.75) is 25.9 Å². The normalized spacial score (nSPS) is 11.4. The van der Waals surface area contributed by atoms with Gasteiger partial charge in [-0.2, -0.15) is 0 Å². The van der Waals surface area contributed by atoms with E-state index in [0.717, 1.165) is 5.75 Å². The minimum atomic E-state index is -0.887. The van der Waals surface area contributed by atoms with Crippen molar-refractivity contribution in [3.8, 4) is 5.75 Å². The molecule has 0 aliphatic rings. The van der Waals surface area contributed by atoms with E-state index < -0.39 is 18.0 Å². The van der Waals surface area contributed by atoms with Crippen LogP contribution in [0.25, 0.3) is 0 Å². The van der Waals surface area contributed by atoms with Gasteiger partial charge in [0.1, 0.15) is 5.75 Å². The molecule has 2 aromatic rings. The van der Waals surface area contributed by atoms with E-state index in [1.165, 1.54) is 6.92 Å². The van der Waals surface area contributed by atoms with Crippen LogP contribution in [0.2, 0.25) is 5.02 Å². The SMILES string of the molecule is C[C@@H](OC(=O)CCCOc1ccccc1)C(=O)Nc1cccc(Cl)c1. The van der Waals surface area contributed by atoms with Gasteiger partial charge in [-0.25, -0.2) is 0 Å². The highest BCUT2D eigenvalue weighted by Gasteiger charge is 2.17. The maximum atomic E-state index is 12.0. The van der Waals surface area contributed by atoms with Crippen LogP contribution >= 0.6 is 11.6 Å². The molecule has 0 saturated carbocycles. The molecule has 132 valence electrons. The molecule has 0 aliphatic heterocycles.